The summed E-state index contributed by atoms with van der Waals surface area (Å²) in [5, 5.41) is 7.06. The van der Waals surface area contributed by atoms with E-state index >= 15 is 0 Å². The average molecular weight is 398 g/mol. The van der Waals surface area contributed by atoms with Crippen molar-refractivity contribution in [3.05, 3.63) is 11.2 Å². The number of sulfonamides is 1. The van der Waals surface area contributed by atoms with Gasteiger partial charge in [0, 0.05) is 39.3 Å². The van der Waals surface area contributed by atoms with E-state index in [1.165, 1.54) is 15.2 Å². The standard InChI is InChI=1S/C13H20ClN5O3S.ClH/c1-17-13(11(14)7-16-17)23(21,22)18-5-2-3-10(9-18)19-6-4-15-8-12(19)20;/h7,10,15H,2-6,8-9H2,1H3;1H. The van der Waals surface area contributed by atoms with Crippen LogP contribution in [0.15, 0.2) is 11.2 Å². The maximum absolute atomic E-state index is 12.9. The largest absolute Gasteiger partial charge is 0.336 e. The molecule has 2 fully saturated rings. The molecule has 0 aromatic carbocycles. The molecular weight excluding hydrogens is 377 g/mol. The van der Waals surface area contributed by atoms with Gasteiger partial charge in [0.15, 0.2) is 5.03 Å². The van der Waals surface area contributed by atoms with Gasteiger partial charge in [-0.1, -0.05) is 11.6 Å². The Morgan fingerprint density at radius 3 is 2.75 bits per heavy atom. The van der Waals surface area contributed by atoms with Gasteiger partial charge in [-0.15, -0.1) is 12.4 Å². The third-order valence-electron chi connectivity index (χ3n) is 4.35. The lowest BCUT2D eigenvalue weighted by molar-refractivity contribution is -0.135. The van der Waals surface area contributed by atoms with Crippen molar-refractivity contribution in [1.29, 1.82) is 0 Å². The van der Waals surface area contributed by atoms with Crippen molar-refractivity contribution in [2.75, 3.05) is 32.7 Å². The molecule has 1 amide bonds. The number of carbonyl (C=O) groups is 1. The Morgan fingerprint density at radius 2 is 2.12 bits per heavy atom. The van der Waals surface area contributed by atoms with Crippen molar-refractivity contribution in [2.45, 2.75) is 23.9 Å². The van der Waals surface area contributed by atoms with Crippen LogP contribution in [0.25, 0.3) is 0 Å². The van der Waals surface area contributed by atoms with E-state index in [0.29, 0.717) is 26.2 Å². The lowest BCUT2D eigenvalue weighted by Gasteiger charge is -2.40. The van der Waals surface area contributed by atoms with Crippen LogP contribution in [0.2, 0.25) is 5.02 Å². The van der Waals surface area contributed by atoms with Gasteiger partial charge in [0.05, 0.1) is 17.8 Å². The second kappa shape index (κ2) is 7.57. The normalized spacial score (nSPS) is 23.2. The van der Waals surface area contributed by atoms with Crippen LogP contribution < -0.4 is 5.32 Å². The van der Waals surface area contributed by atoms with Crippen LogP contribution in [-0.2, 0) is 21.9 Å². The number of nitrogens with one attached hydrogen (secondary N) is 1. The highest BCUT2D eigenvalue weighted by Gasteiger charge is 2.37. The number of piperazine rings is 1. The number of rotatable bonds is 3. The molecule has 0 spiro atoms. The van der Waals surface area contributed by atoms with Gasteiger partial charge in [0.1, 0.15) is 0 Å². The number of carbonyl (C=O) groups excluding carboxylic acids is 1. The van der Waals surface area contributed by atoms with Gasteiger partial charge in [0.2, 0.25) is 5.91 Å². The number of halogens is 2. The SMILES string of the molecule is Cl.Cn1ncc(Cl)c1S(=O)(=O)N1CCCC(N2CCNCC2=O)C1. The lowest BCUT2D eigenvalue weighted by atomic mass is 10.1. The fraction of sp³-hybridized carbons (Fsp3) is 0.692. The van der Waals surface area contributed by atoms with E-state index in [2.05, 4.69) is 10.4 Å². The molecule has 3 heterocycles. The van der Waals surface area contributed by atoms with Gasteiger partial charge in [-0.3, -0.25) is 9.48 Å². The molecule has 8 nitrogen and oxygen atoms in total. The molecule has 24 heavy (non-hydrogen) atoms. The zero-order valence-corrected chi connectivity index (χ0v) is 15.7. The molecule has 1 aromatic heterocycles. The Kier molecular flexibility index (Phi) is 6.14. The number of hydrogen-bond acceptors (Lipinski definition) is 5. The minimum atomic E-state index is -3.72. The molecule has 11 heteroatoms. The predicted molar refractivity (Wildman–Crippen MR) is 91.8 cm³/mol. The molecule has 1 N–H and O–H groups in total. The van der Waals surface area contributed by atoms with Crippen molar-refractivity contribution in [3.8, 4) is 0 Å². The summed E-state index contributed by atoms with van der Waals surface area (Å²) in [5.74, 6) is 0.0269. The highest BCUT2D eigenvalue weighted by atomic mass is 35.5. The zero-order chi connectivity index (χ0) is 16.6. The molecule has 1 atom stereocenters. The third-order valence-corrected chi connectivity index (χ3v) is 6.73. The van der Waals surface area contributed by atoms with Gasteiger partial charge >= 0.3 is 0 Å². The Labute approximate surface area is 152 Å². The van der Waals surface area contributed by atoms with Gasteiger partial charge < -0.3 is 10.2 Å². The highest BCUT2D eigenvalue weighted by Crippen LogP contribution is 2.27. The lowest BCUT2D eigenvalue weighted by Crippen LogP contribution is -2.57. The number of piperidine rings is 1. The molecule has 3 rings (SSSR count). The molecule has 136 valence electrons. The summed E-state index contributed by atoms with van der Waals surface area (Å²) in [6.45, 7) is 2.40. The predicted octanol–water partition coefficient (Wildman–Crippen LogP) is 0.0802. The van der Waals surface area contributed by atoms with Crippen LogP contribution in [0.3, 0.4) is 0 Å². The Bertz CT molecular complexity index is 689. The smallest absolute Gasteiger partial charge is 0.261 e. The molecule has 2 aliphatic heterocycles. The number of hydrogen-bond donors (Lipinski definition) is 1. The number of amides is 1. The van der Waals surface area contributed by atoms with Crippen molar-refractivity contribution >= 4 is 39.9 Å². The third kappa shape index (κ3) is 3.55. The second-order valence-corrected chi connectivity index (χ2v) is 8.10. The summed E-state index contributed by atoms with van der Waals surface area (Å²) in [5.41, 5.74) is 0. The summed E-state index contributed by atoms with van der Waals surface area (Å²) < 4.78 is 28.4. The van der Waals surface area contributed by atoms with Crippen molar-refractivity contribution in [2.24, 2.45) is 7.05 Å². The average Bonchev–Trinajstić information content (AvgIpc) is 2.87. The molecule has 2 saturated heterocycles. The van der Waals surface area contributed by atoms with Gasteiger partial charge in [-0.05, 0) is 12.8 Å². The van der Waals surface area contributed by atoms with E-state index in [1.54, 1.807) is 11.9 Å². The minimum absolute atomic E-state index is 0. The first kappa shape index (κ1) is 19.5. The second-order valence-electron chi connectivity index (χ2n) is 5.84. The first-order valence-corrected chi connectivity index (χ1v) is 9.41. The maximum Gasteiger partial charge on any atom is 0.261 e. The van der Waals surface area contributed by atoms with Gasteiger partial charge in [-0.25, -0.2) is 8.42 Å². The zero-order valence-electron chi connectivity index (χ0n) is 13.3. The topological polar surface area (TPSA) is 87.5 Å². The monoisotopic (exact) mass is 397 g/mol. The Morgan fingerprint density at radius 1 is 1.38 bits per heavy atom. The molecule has 2 aliphatic rings. The van der Waals surface area contributed by atoms with Crippen LogP contribution >= 0.6 is 24.0 Å². The van der Waals surface area contributed by atoms with E-state index < -0.39 is 10.0 Å². The first-order chi connectivity index (χ1) is 10.9. The molecular formula is C13H21Cl2N5O3S. The fourth-order valence-electron chi connectivity index (χ4n) is 3.21. The van der Waals surface area contributed by atoms with Gasteiger partial charge in [0.25, 0.3) is 10.0 Å². The van der Waals surface area contributed by atoms with Crippen LogP contribution in [0, 0.1) is 0 Å². The Balaban J connectivity index is 0.00000208. The summed E-state index contributed by atoms with van der Waals surface area (Å²) in [4.78, 5) is 13.8. The summed E-state index contributed by atoms with van der Waals surface area (Å²) in [6, 6.07) is -0.0832. The Hall–Kier alpha value is -0.870. The number of aryl methyl sites for hydroxylation is 1. The molecule has 0 bridgehead atoms. The minimum Gasteiger partial charge on any atom is -0.336 e. The quantitative estimate of drug-likeness (QED) is 0.779. The summed E-state index contributed by atoms with van der Waals surface area (Å²) in [7, 11) is -2.17. The highest BCUT2D eigenvalue weighted by molar-refractivity contribution is 7.89. The first-order valence-electron chi connectivity index (χ1n) is 7.59. The van der Waals surface area contributed by atoms with Crippen LogP contribution in [0.4, 0.5) is 0 Å². The van der Waals surface area contributed by atoms with Crippen LogP contribution in [0.5, 0.6) is 0 Å². The van der Waals surface area contributed by atoms with E-state index in [9.17, 15) is 13.2 Å². The molecule has 0 radical (unpaired) electrons. The number of aromatic nitrogens is 2. The van der Waals surface area contributed by atoms with Crippen LogP contribution in [-0.4, -0.2) is 72.1 Å². The van der Waals surface area contributed by atoms with Crippen molar-refractivity contribution in [3.63, 3.8) is 0 Å². The molecule has 1 aromatic rings. The fourth-order valence-corrected chi connectivity index (χ4v) is 5.33. The summed E-state index contributed by atoms with van der Waals surface area (Å²) in [6.07, 6.45) is 2.86. The van der Waals surface area contributed by atoms with E-state index in [0.717, 1.165) is 19.4 Å². The van der Waals surface area contributed by atoms with Crippen molar-refractivity contribution < 1.29 is 13.2 Å². The van der Waals surface area contributed by atoms with Crippen LogP contribution in [0.1, 0.15) is 12.8 Å². The molecule has 1 unspecified atom stereocenters. The van der Waals surface area contributed by atoms with E-state index in [4.69, 9.17) is 11.6 Å². The summed E-state index contributed by atoms with van der Waals surface area (Å²) >= 11 is 6.00. The molecule has 0 aliphatic carbocycles. The van der Waals surface area contributed by atoms with E-state index in [1.807, 2.05) is 0 Å². The van der Waals surface area contributed by atoms with E-state index in [-0.39, 0.29) is 34.4 Å². The number of nitrogens with zero attached hydrogens (tertiary/aromatic N) is 4. The molecule has 0 saturated carbocycles. The van der Waals surface area contributed by atoms with Gasteiger partial charge in [-0.2, -0.15) is 9.40 Å². The van der Waals surface area contributed by atoms with Crippen molar-refractivity contribution in [1.82, 2.24) is 24.3 Å². The maximum atomic E-state index is 12.9.